The number of alkyl halides is 3. The Labute approximate surface area is 126 Å². The molecule has 0 radical (unpaired) electrons. The highest BCUT2D eigenvalue weighted by molar-refractivity contribution is 5.31. The Kier molecular flexibility index (Phi) is 5.32. The zero-order valence-electron chi connectivity index (χ0n) is 11.9. The minimum Gasteiger partial charge on any atom is -0.354 e. The summed E-state index contributed by atoms with van der Waals surface area (Å²) in [5.74, 6) is 0.456. The molecule has 0 fully saturated rings. The molecule has 0 amide bonds. The summed E-state index contributed by atoms with van der Waals surface area (Å²) >= 11 is 0. The lowest BCUT2D eigenvalue weighted by atomic mass is 10.1. The number of halogens is 3. The molecule has 2 rings (SSSR count). The summed E-state index contributed by atoms with van der Waals surface area (Å²) in [5, 5.41) is 3.03. The molecule has 0 saturated heterocycles. The standard InChI is InChI=1S/C15H17F3N4/c16-15(17,18)12-4-1-3-11(9-12)10-13-5-8-21-14(22-13)20-7-2-6-19/h1,3-5,8-9H,2,6-7,10,19H2,(H,20,21,22). The van der Waals surface area contributed by atoms with E-state index in [2.05, 4.69) is 15.3 Å². The van der Waals surface area contributed by atoms with E-state index in [-0.39, 0.29) is 0 Å². The summed E-state index contributed by atoms with van der Waals surface area (Å²) in [6.45, 7) is 1.22. The average molecular weight is 310 g/mol. The van der Waals surface area contributed by atoms with Crippen molar-refractivity contribution in [3.8, 4) is 0 Å². The molecule has 0 spiro atoms. The molecule has 0 aliphatic heterocycles. The SMILES string of the molecule is NCCCNc1nccc(Cc2cccc(C(F)(F)F)c2)n1. The van der Waals surface area contributed by atoms with Gasteiger partial charge in [-0.25, -0.2) is 9.97 Å². The second-order valence-corrected chi connectivity index (χ2v) is 4.82. The second-order valence-electron chi connectivity index (χ2n) is 4.82. The van der Waals surface area contributed by atoms with Gasteiger partial charge >= 0.3 is 6.18 Å². The van der Waals surface area contributed by atoms with Gasteiger partial charge in [0.15, 0.2) is 0 Å². The van der Waals surface area contributed by atoms with Gasteiger partial charge in [0.2, 0.25) is 5.95 Å². The Bertz CT molecular complexity index is 614. The summed E-state index contributed by atoms with van der Waals surface area (Å²) in [7, 11) is 0. The van der Waals surface area contributed by atoms with E-state index in [0.717, 1.165) is 18.6 Å². The molecule has 1 heterocycles. The lowest BCUT2D eigenvalue weighted by Crippen LogP contribution is -2.11. The van der Waals surface area contributed by atoms with E-state index in [4.69, 9.17) is 5.73 Å². The molecule has 0 unspecified atom stereocenters. The molecule has 118 valence electrons. The fraction of sp³-hybridized carbons (Fsp3) is 0.333. The third-order valence-corrected chi connectivity index (χ3v) is 3.02. The second kappa shape index (κ2) is 7.22. The number of aromatic nitrogens is 2. The summed E-state index contributed by atoms with van der Waals surface area (Å²) in [5.41, 5.74) is 5.96. The lowest BCUT2D eigenvalue weighted by molar-refractivity contribution is -0.137. The molecule has 0 aliphatic rings. The number of rotatable bonds is 6. The first kappa shape index (κ1) is 16.2. The fourth-order valence-corrected chi connectivity index (χ4v) is 1.95. The van der Waals surface area contributed by atoms with E-state index < -0.39 is 11.7 Å². The van der Waals surface area contributed by atoms with Gasteiger partial charge < -0.3 is 11.1 Å². The van der Waals surface area contributed by atoms with Crippen LogP contribution < -0.4 is 11.1 Å². The van der Waals surface area contributed by atoms with E-state index in [1.54, 1.807) is 18.3 Å². The van der Waals surface area contributed by atoms with Crippen LogP contribution in [-0.4, -0.2) is 23.1 Å². The Balaban J connectivity index is 2.09. The van der Waals surface area contributed by atoms with Gasteiger partial charge in [0.1, 0.15) is 0 Å². The van der Waals surface area contributed by atoms with Crippen molar-refractivity contribution in [2.45, 2.75) is 19.0 Å². The van der Waals surface area contributed by atoms with Crippen molar-refractivity contribution in [1.82, 2.24) is 9.97 Å². The zero-order valence-corrected chi connectivity index (χ0v) is 11.9. The monoisotopic (exact) mass is 310 g/mol. The Morgan fingerprint density at radius 3 is 2.73 bits per heavy atom. The Morgan fingerprint density at radius 1 is 1.18 bits per heavy atom. The fourth-order valence-electron chi connectivity index (χ4n) is 1.95. The quantitative estimate of drug-likeness (QED) is 0.805. The summed E-state index contributed by atoms with van der Waals surface area (Å²) < 4.78 is 38.1. The smallest absolute Gasteiger partial charge is 0.354 e. The summed E-state index contributed by atoms with van der Waals surface area (Å²) in [4.78, 5) is 8.35. The predicted octanol–water partition coefficient (Wildman–Crippen LogP) is 2.85. The van der Waals surface area contributed by atoms with E-state index in [0.29, 0.717) is 36.7 Å². The molecule has 4 nitrogen and oxygen atoms in total. The Morgan fingerprint density at radius 2 is 2.00 bits per heavy atom. The van der Waals surface area contributed by atoms with E-state index in [1.807, 2.05) is 0 Å². The molecule has 0 aliphatic carbocycles. The first-order valence-electron chi connectivity index (χ1n) is 6.91. The van der Waals surface area contributed by atoms with Crippen molar-refractivity contribution < 1.29 is 13.2 Å². The minimum absolute atomic E-state index is 0.317. The number of hydrogen-bond donors (Lipinski definition) is 2. The van der Waals surface area contributed by atoms with Gasteiger partial charge in [-0.2, -0.15) is 13.2 Å². The van der Waals surface area contributed by atoms with Gasteiger partial charge in [0.25, 0.3) is 0 Å². The average Bonchev–Trinajstić information content (AvgIpc) is 2.47. The normalized spacial score (nSPS) is 11.5. The largest absolute Gasteiger partial charge is 0.416 e. The van der Waals surface area contributed by atoms with Gasteiger partial charge in [-0.1, -0.05) is 18.2 Å². The van der Waals surface area contributed by atoms with E-state index >= 15 is 0 Å². The molecule has 0 saturated carbocycles. The van der Waals surface area contributed by atoms with Crippen molar-refractivity contribution >= 4 is 5.95 Å². The van der Waals surface area contributed by atoms with Crippen LogP contribution in [0.25, 0.3) is 0 Å². The van der Waals surface area contributed by atoms with Crippen LogP contribution in [0.5, 0.6) is 0 Å². The van der Waals surface area contributed by atoms with Crippen molar-refractivity contribution in [3.63, 3.8) is 0 Å². The van der Waals surface area contributed by atoms with E-state index in [9.17, 15) is 13.2 Å². The molecule has 22 heavy (non-hydrogen) atoms. The molecule has 7 heteroatoms. The maximum Gasteiger partial charge on any atom is 0.416 e. The van der Waals surface area contributed by atoms with Gasteiger partial charge in [-0.05, 0) is 30.7 Å². The molecular weight excluding hydrogens is 293 g/mol. The van der Waals surface area contributed by atoms with Crippen LogP contribution in [0.15, 0.2) is 36.5 Å². The molecule has 2 aromatic rings. The van der Waals surface area contributed by atoms with Crippen molar-refractivity contribution in [2.75, 3.05) is 18.4 Å². The first-order chi connectivity index (χ1) is 10.5. The molecule has 3 N–H and O–H groups in total. The number of nitrogens with one attached hydrogen (secondary N) is 1. The van der Waals surface area contributed by atoms with Crippen LogP contribution in [0.2, 0.25) is 0 Å². The van der Waals surface area contributed by atoms with E-state index in [1.165, 1.54) is 6.07 Å². The molecule has 0 bridgehead atoms. The molecule has 1 aromatic carbocycles. The Hall–Kier alpha value is -2.15. The third kappa shape index (κ3) is 4.70. The number of anilines is 1. The third-order valence-electron chi connectivity index (χ3n) is 3.02. The van der Waals surface area contributed by atoms with Crippen LogP contribution in [0.1, 0.15) is 23.2 Å². The highest BCUT2D eigenvalue weighted by atomic mass is 19.4. The number of nitrogens with zero attached hydrogens (tertiary/aromatic N) is 2. The number of nitrogens with two attached hydrogens (primary N) is 1. The minimum atomic E-state index is -4.34. The van der Waals surface area contributed by atoms with Crippen LogP contribution >= 0.6 is 0 Å². The summed E-state index contributed by atoms with van der Waals surface area (Å²) in [6, 6.07) is 6.94. The van der Waals surface area contributed by atoms with Crippen LogP contribution in [0, 0.1) is 0 Å². The highest BCUT2D eigenvalue weighted by Crippen LogP contribution is 2.29. The maximum atomic E-state index is 12.7. The van der Waals surface area contributed by atoms with Crippen molar-refractivity contribution in [2.24, 2.45) is 5.73 Å². The van der Waals surface area contributed by atoms with Crippen molar-refractivity contribution in [1.29, 1.82) is 0 Å². The molecule has 1 aromatic heterocycles. The van der Waals surface area contributed by atoms with Gasteiger partial charge in [-0.15, -0.1) is 0 Å². The van der Waals surface area contributed by atoms with Crippen molar-refractivity contribution in [3.05, 3.63) is 53.3 Å². The zero-order chi connectivity index (χ0) is 16.0. The van der Waals surface area contributed by atoms with Crippen LogP contribution in [0.4, 0.5) is 19.1 Å². The molecular formula is C15H17F3N4. The van der Waals surface area contributed by atoms with Gasteiger partial charge in [-0.3, -0.25) is 0 Å². The predicted molar refractivity (Wildman–Crippen MR) is 78.4 cm³/mol. The van der Waals surface area contributed by atoms with Crippen LogP contribution in [-0.2, 0) is 12.6 Å². The maximum absolute atomic E-state index is 12.7. The van der Waals surface area contributed by atoms with Crippen LogP contribution in [0.3, 0.4) is 0 Å². The highest BCUT2D eigenvalue weighted by Gasteiger charge is 2.30. The topological polar surface area (TPSA) is 63.8 Å². The summed E-state index contributed by atoms with van der Waals surface area (Å²) in [6.07, 6.45) is -1.64. The first-order valence-corrected chi connectivity index (χ1v) is 6.91. The lowest BCUT2D eigenvalue weighted by Gasteiger charge is -2.09. The number of hydrogen-bond acceptors (Lipinski definition) is 4. The van der Waals surface area contributed by atoms with Gasteiger partial charge in [0, 0.05) is 19.2 Å². The molecule has 0 atom stereocenters. The van der Waals surface area contributed by atoms with Gasteiger partial charge in [0.05, 0.1) is 11.3 Å². The number of benzene rings is 1.